The molecular weight excluding hydrogens is 318 g/mol. The summed E-state index contributed by atoms with van der Waals surface area (Å²) in [6.45, 7) is 5.57. The molecule has 2 aliphatic heterocycles. The summed E-state index contributed by atoms with van der Waals surface area (Å²) in [5.74, 6) is 3.16. The van der Waals surface area contributed by atoms with E-state index in [-0.39, 0.29) is 0 Å². The lowest BCUT2D eigenvalue weighted by atomic mass is 10.3. The summed E-state index contributed by atoms with van der Waals surface area (Å²) in [5, 5.41) is 0. The third kappa shape index (κ3) is 3.42. The lowest BCUT2D eigenvalue weighted by molar-refractivity contribution is 0.396. The van der Waals surface area contributed by atoms with Crippen LogP contribution in [0.25, 0.3) is 0 Å². The largest absolute Gasteiger partial charge is 0.481 e. The molecule has 2 fully saturated rings. The maximum Gasteiger partial charge on any atom is 0.228 e. The number of anilines is 3. The van der Waals surface area contributed by atoms with Crippen molar-refractivity contribution in [3.05, 3.63) is 24.5 Å². The van der Waals surface area contributed by atoms with E-state index in [9.17, 15) is 0 Å². The van der Waals surface area contributed by atoms with Crippen LogP contribution < -0.4 is 19.4 Å². The van der Waals surface area contributed by atoms with Crippen LogP contribution in [0.1, 0.15) is 12.8 Å². The van der Waals surface area contributed by atoms with Crippen LogP contribution in [0.5, 0.6) is 5.88 Å². The van der Waals surface area contributed by atoms with Crippen molar-refractivity contribution in [2.75, 3.05) is 61.1 Å². The Morgan fingerprint density at radius 1 is 0.760 bits per heavy atom. The van der Waals surface area contributed by atoms with Gasteiger partial charge in [0.25, 0.3) is 0 Å². The van der Waals surface area contributed by atoms with Crippen LogP contribution in [0.15, 0.2) is 24.5 Å². The third-order valence-corrected chi connectivity index (χ3v) is 4.73. The maximum absolute atomic E-state index is 5.19. The van der Waals surface area contributed by atoms with E-state index in [0.717, 1.165) is 51.0 Å². The summed E-state index contributed by atoms with van der Waals surface area (Å²) < 4.78 is 5.19. The van der Waals surface area contributed by atoms with Crippen molar-refractivity contribution in [3.63, 3.8) is 0 Å². The van der Waals surface area contributed by atoms with E-state index in [1.807, 2.05) is 12.3 Å². The molecule has 0 radical (unpaired) electrons. The van der Waals surface area contributed by atoms with Gasteiger partial charge in [0, 0.05) is 57.7 Å². The maximum atomic E-state index is 5.19. The molecule has 8 nitrogen and oxygen atoms in total. The molecule has 2 aromatic rings. The number of piperazine rings is 1. The van der Waals surface area contributed by atoms with Gasteiger partial charge in [0.2, 0.25) is 17.8 Å². The highest BCUT2D eigenvalue weighted by Crippen LogP contribution is 2.21. The molecule has 2 aliphatic rings. The lowest BCUT2D eigenvalue weighted by Gasteiger charge is -2.35. The zero-order chi connectivity index (χ0) is 17.1. The molecule has 0 amide bonds. The van der Waals surface area contributed by atoms with Crippen LogP contribution in [0.3, 0.4) is 0 Å². The molecule has 0 aliphatic carbocycles. The highest BCUT2D eigenvalue weighted by Gasteiger charge is 2.22. The van der Waals surface area contributed by atoms with Gasteiger partial charge in [-0.1, -0.05) is 0 Å². The number of rotatable bonds is 4. The highest BCUT2D eigenvalue weighted by molar-refractivity contribution is 5.45. The topological polar surface area (TPSA) is 70.5 Å². The Morgan fingerprint density at radius 3 is 2.00 bits per heavy atom. The molecule has 0 aromatic carbocycles. The Morgan fingerprint density at radius 2 is 1.36 bits per heavy atom. The molecule has 0 spiro atoms. The molecule has 0 unspecified atom stereocenters. The fourth-order valence-corrected chi connectivity index (χ4v) is 3.32. The fraction of sp³-hybridized carbons (Fsp3) is 0.529. The summed E-state index contributed by atoms with van der Waals surface area (Å²) in [6, 6.07) is 3.77. The molecule has 4 heterocycles. The van der Waals surface area contributed by atoms with Crippen molar-refractivity contribution < 1.29 is 4.74 Å². The zero-order valence-corrected chi connectivity index (χ0v) is 14.5. The fourth-order valence-electron chi connectivity index (χ4n) is 3.32. The van der Waals surface area contributed by atoms with Crippen molar-refractivity contribution in [2.45, 2.75) is 12.8 Å². The highest BCUT2D eigenvalue weighted by atomic mass is 16.5. The first-order chi connectivity index (χ1) is 12.3. The molecule has 0 atom stereocenters. The molecule has 2 saturated heterocycles. The number of methoxy groups -OCH3 is 1. The van der Waals surface area contributed by atoms with E-state index in [4.69, 9.17) is 9.72 Å². The van der Waals surface area contributed by atoms with Gasteiger partial charge in [-0.2, -0.15) is 9.97 Å². The predicted octanol–water partition coefficient (Wildman–Crippen LogP) is 1.20. The predicted molar refractivity (Wildman–Crippen MR) is 96.5 cm³/mol. The monoisotopic (exact) mass is 341 g/mol. The molecule has 2 aromatic heterocycles. The number of aromatic nitrogens is 4. The summed E-state index contributed by atoms with van der Waals surface area (Å²) in [6.07, 6.45) is 6.10. The standard InChI is InChI=1S/C17H23N7O/c1-25-15-5-7-19-17(21-15)24-12-10-23(11-13-24)16-18-6-4-14(20-16)22-8-2-3-9-22/h4-7H,2-3,8-13H2,1H3. The SMILES string of the molecule is COc1ccnc(N2CCN(c3nccc(N4CCCC4)n3)CC2)n1. The second-order valence-electron chi connectivity index (χ2n) is 6.28. The van der Waals surface area contributed by atoms with Gasteiger partial charge < -0.3 is 19.4 Å². The molecule has 4 rings (SSSR count). The van der Waals surface area contributed by atoms with Crippen LogP contribution in [0, 0.1) is 0 Å². The van der Waals surface area contributed by atoms with Crippen LogP contribution in [0.2, 0.25) is 0 Å². The van der Waals surface area contributed by atoms with Gasteiger partial charge in [-0.15, -0.1) is 0 Å². The Kier molecular flexibility index (Phi) is 4.49. The van der Waals surface area contributed by atoms with Gasteiger partial charge in [0.1, 0.15) is 5.82 Å². The molecule has 8 heteroatoms. The van der Waals surface area contributed by atoms with Gasteiger partial charge in [0.15, 0.2) is 0 Å². The van der Waals surface area contributed by atoms with E-state index in [1.54, 1.807) is 19.4 Å². The molecular formula is C17H23N7O. The number of nitrogens with zero attached hydrogens (tertiary/aromatic N) is 7. The minimum absolute atomic E-state index is 0.592. The van der Waals surface area contributed by atoms with Crippen molar-refractivity contribution in [1.29, 1.82) is 0 Å². The Hall–Kier alpha value is -2.64. The molecule has 132 valence electrons. The van der Waals surface area contributed by atoms with E-state index >= 15 is 0 Å². The van der Waals surface area contributed by atoms with E-state index < -0.39 is 0 Å². The summed E-state index contributed by atoms with van der Waals surface area (Å²) in [5.41, 5.74) is 0. The van der Waals surface area contributed by atoms with Crippen molar-refractivity contribution >= 4 is 17.7 Å². The lowest BCUT2D eigenvalue weighted by Crippen LogP contribution is -2.47. The Bertz CT molecular complexity index is 712. The third-order valence-electron chi connectivity index (χ3n) is 4.73. The normalized spacial score (nSPS) is 17.9. The molecule has 25 heavy (non-hydrogen) atoms. The number of ether oxygens (including phenoxy) is 1. The quantitative estimate of drug-likeness (QED) is 0.822. The molecule has 0 saturated carbocycles. The van der Waals surface area contributed by atoms with Gasteiger partial charge in [0.05, 0.1) is 7.11 Å². The van der Waals surface area contributed by atoms with Crippen LogP contribution >= 0.6 is 0 Å². The first-order valence-electron chi connectivity index (χ1n) is 8.78. The van der Waals surface area contributed by atoms with Crippen molar-refractivity contribution in [1.82, 2.24) is 19.9 Å². The second kappa shape index (κ2) is 7.08. The van der Waals surface area contributed by atoms with E-state index in [0.29, 0.717) is 11.8 Å². The van der Waals surface area contributed by atoms with Gasteiger partial charge >= 0.3 is 0 Å². The van der Waals surface area contributed by atoms with E-state index in [2.05, 4.69) is 29.7 Å². The Labute approximate surface area is 147 Å². The minimum Gasteiger partial charge on any atom is -0.481 e. The summed E-state index contributed by atoms with van der Waals surface area (Å²) in [7, 11) is 1.62. The zero-order valence-electron chi connectivity index (χ0n) is 14.5. The number of hydrogen-bond donors (Lipinski definition) is 0. The van der Waals surface area contributed by atoms with Crippen molar-refractivity contribution in [3.8, 4) is 5.88 Å². The Balaban J connectivity index is 1.42. The van der Waals surface area contributed by atoms with Crippen LogP contribution in [-0.2, 0) is 0 Å². The van der Waals surface area contributed by atoms with Gasteiger partial charge in [-0.25, -0.2) is 9.97 Å². The number of hydrogen-bond acceptors (Lipinski definition) is 8. The average Bonchev–Trinajstić information content (AvgIpc) is 3.23. The first-order valence-corrected chi connectivity index (χ1v) is 8.78. The summed E-state index contributed by atoms with van der Waals surface area (Å²) >= 11 is 0. The van der Waals surface area contributed by atoms with Crippen LogP contribution in [0.4, 0.5) is 17.7 Å². The smallest absolute Gasteiger partial charge is 0.228 e. The van der Waals surface area contributed by atoms with Gasteiger partial charge in [-0.3, -0.25) is 0 Å². The first kappa shape index (κ1) is 15.9. The average molecular weight is 341 g/mol. The second-order valence-corrected chi connectivity index (χ2v) is 6.28. The van der Waals surface area contributed by atoms with Gasteiger partial charge in [-0.05, 0) is 18.9 Å². The minimum atomic E-state index is 0.592. The van der Waals surface area contributed by atoms with E-state index in [1.165, 1.54) is 12.8 Å². The molecule has 0 N–H and O–H groups in total. The van der Waals surface area contributed by atoms with Crippen LogP contribution in [-0.4, -0.2) is 66.3 Å². The summed E-state index contributed by atoms with van der Waals surface area (Å²) in [4.78, 5) is 24.8. The molecule has 0 bridgehead atoms. The van der Waals surface area contributed by atoms with Crippen molar-refractivity contribution in [2.24, 2.45) is 0 Å².